The van der Waals surface area contributed by atoms with Gasteiger partial charge in [0.25, 0.3) is 0 Å². The smallest absolute Gasteiger partial charge is 0.228 e. The number of pyridine rings is 1. The van der Waals surface area contributed by atoms with Gasteiger partial charge in [0.1, 0.15) is 0 Å². The molecule has 1 saturated heterocycles. The Morgan fingerprint density at radius 3 is 2.74 bits per heavy atom. The van der Waals surface area contributed by atoms with Crippen LogP contribution >= 0.6 is 22.9 Å². The largest absolute Gasteiger partial charge is 0.296 e. The second-order valence-electron chi connectivity index (χ2n) is 6.73. The van der Waals surface area contributed by atoms with Crippen LogP contribution in [0.2, 0.25) is 5.02 Å². The van der Waals surface area contributed by atoms with E-state index in [0.29, 0.717) is 34.6 Å². The van der Waals surface area contributed by atoms with Gasteiger partial charge in [-0.2, -0.15) is 0 Å². The van der Waals surface area contributed by atoms with Crippen LogP contribution in [0.25, 0.3) is 31.1 Å². The van der Waals surface area contributed by atoms with Crippen LogP contribution in [0.1, 0.15) is 19.3 Å². The first-order valence-corrected chi connectivity index (χ1v) is 10.1. The molecule has 6 heteroatoms. The third kappa shape index (κ3) is 2.61. The minimum atomic E-state index is -0.0643. The van der Waals surface area contributed by atoms with Crippen molar-refractivity contribution in [3.05, 3.63) is 57.7 Å². The van der Waals surface area contributed by atoms with E-state index < -0.39 is 0 Å². The quantitative estimate of drug-likeness (QED) is 0.332. The molecule has 4 aromatic rings. The first-order valence-electron chi connectivity index (χ1n) is 8.89. The zero-order valence-electron chi connectivity index (χ0n) is 14.4. The highest BCUT2D eigenvalue weighted by Crippen LogP contribution is 2.37. The Morgan fingerprint density at radius 1 is 1.04 bits per heavy atom. The van der Waals surface area contributed by atoms with E-state index in [4.69, 9.17) is 16.6 Å². The lowest BCUT2D eigenvalue weighted by molar-refractivity contribution is -0.119. The van der Waals surface area contributed by atoms with Gasteiger partial charge in [-0.1, -0.05) is 29.8 Å². The predicted octanol–water partition coefficient (Wildman–Crippen LogP) is 5.13. The molecule has 2 aromatic carbocycles. The first-order chi connectivity index (χ1) is 13.1. The van der Waals surface area contributed by atoms with E-state index in [2.05, 4.69) is 0 Å². The molecule has 1 aliphatic rings. The molecule has 4 nitrogen and oxygen atoms in total. The summed E-state index contributed by atoms with van der Waals surface area (Å²) in [6.45, 7) is 0.638. The van der Waals surface area contributed by atoms with Gasteiger partial charge in [-0.15, -0.1) is 11.3 Å². The van der Waals surface area contributed by atoms with Gasteiger partial charge in [0.15, 0.2) is 11.2 Å². The van der Waals surface area contributed by atoms with Crippen LogP contribution in [-0.4, -0.2) is 17.4 Å². The predicted molar refractivity (Wildman–Crippen MR) is 112 cm³/mol. The van der Waals surface area contributed by atoms with Crippen molar-refractivity contribution in [3.63, 3.8) is 0 Å². The summed E-state index contributed by atoms with van der Waals surface area (Å²) in [6, 6.07) is 13.0. The summed E-state index contributed by atoms with van der Waals surface area (Å²) < 4.78 is 1.61. The van der Waals surface area contributed by atoms with Crippen molar-refractivity contribution in [1.29, 1.82) is 0 Å². The van der Waals surface area contributed by atoms with Crippen molar-refractivity contribution in [2.24, 2.45) is 0 Å². The molecule has 0 N–H and O–H groups in total. The van der Waals surface area contributed by atoms with Crippen LogP contribution in [-0.2, 0) is 4.79 Å². The number of carbonyl (C=O) groups excluding carboxylic acids is 1. The van der Waals surface area contributed by atoms with Crippen LogP contribution in [0, 0.1) is 0 Å². The van der Waals surface area contributed by atoms with E-state index >= 15 is 0 Å². The number of para-hydroxylation sites is 1. The molecule has 27 heavy (non-hydrogen) atoms. The van der Waals surface area contributed by atoms with Crippen molar-refractivity contribution in [2.75, 3.05) is 11.4 Å². The second-order valence-corrected chi connectivity index (χ2v) is 8.22. The van der Waals surface area contributed by atoms with E-state index in [-0.39, 0.29) is 11.3 Å². The zero-order chi connectivity index (χ0) is 18.5. The molecule has 2 aromatic heterocycles. The fourth-order valence-corrected chi connectivity index (χ4v) is 5.07. The Hall–Kier alpha value is -2.50. The molecule has 134 valence electrons. The molecule has 3 heterocycles. The summed E-state index contributed by atoms with van der Waals surface area (Å²) in [5.41, 5.74) is 0.662. The standard InChI is InChI=1S/C21H15ClN2O2S/c22-12-8-9-16-14(11-12)19(26)18-13-5-1-2-6-15(13)23-21(20(18)27-16)24-10-4-3-7-17(24)25/h1-2,5-6,8-9,11H,3-4,7,10H2. The average molecular weight is 395 g/mol. The molecule has 0 unspecified atom stereocenters. The number of aromatic nitrogens is 1. The van der Waals surface area contributed by atoms with Crippen molar-refractivity contribution < 1.29 is 4.79 Å². The zero-order valence-corrected chi connectivity index (χ0v) is 15.9. The summed E-state index contributed by atoms with van der Waals surface area (Å²) in [6.07, 6.45) is 2.37. The van der Waals surface area contributed by atoms with E-state index in [0.717, 1.165) is 33.1 Å². The van der Waals surface area contributed by atoms with Crippen LogP contribution in [0.5, 0.6) is 0 Å². The Balaban J connectivity index is 1.97. The number of hydrogen-bond donors (Lipinski definition) is 0. The number of hydrogen-bond acceptors (Lipinski definition) is 4. The van der Waals surface area contributed by atoms with E-state index in [9.17, 15) is 9.59 Å². The summed E-state index contributed by atoms with van der Waals surface area (Å²) >= 11 is 7.63. The summed E-state index contributed by atoms with van der Waals surface area (Å²) in [5, 5.41) is 2.57. The van der Waals surface area contributed by atoms with Gasteiger partial charge in [0.05, 0.1) is 15.6 Å². The van der Waals surface area contributed by atoms with Gasteiger partial charge in [0.2, 0.25) is 5.91 Å². The Labute approximate surface area is 164 Å². The number of carbonyl (C=O) groups is 1. The minimum absolute atomic E-state index is 0.0643. The Kier molecular flexibility index (Phi) is 3.88. The summed E-state index contributed by atoms with van der Waals surface area (Å²) in [4.78, 5) is 32.5. The summed E-state index contributed by atoms with van der Waals surface area (Å²) in [5.74, 6) is 0.675. The average Bonchev–Trinajstić information content (AvgIpc) is 2.68. The van der Waals surface area contributed by atoms with Crippen molar-refractivity contribution in [1.82, 2.24) is 4.98 Å². The lowest BCUT2D eigenvalue weighted by atomic mass is 10.1. The second kappa shape index (κ2) is 6.29. The molecule has 0 aliphatic carbocycles. The van der Waals surface area contributed by atoms with E-state index in [1.54, 1.807) is 17.0 Å². The number of anilines is 1. The molecular formula is C21H15ClN2O2S. The van der Waals surface area contributed by atoms with E-state index in [1.807, 2.05) is 30.3 Å². The van der Waals surface area contributed by atoms with Crippen molar-refractivity contribution in [2.45, 2.75) is 19.3 Å². The van der Waals surface area contributed by atoms with Gasteiger partial charge in [-0.25, -0.2) is 4.98 Å². The lowest BCUT2D eigenvalue weighted by Gasteiger charge is -2.27. The molecule has 5 rings (SSSR count). The van der Waals surface area contributed by atoms with Crippen molar-refractivity contribution in [3.8, 4) is 0 Å². The fraction of sp³-hybridized carbons (Fsp3) is 0.190. The molecular weight excluding hydrogens is 380 g/mol. The molecule has 0 radical (unpaired) electrons. The van der Waals surface area contributed by atoms with Crippen molar-refractivity contribution >= 4 is 65.7 Å². The molecule has 0 atom stereocenters. The van der Waals surface area contributed by atoms with Crippen LogP contribution in [0.4, 0.5) is 5.82 Å². The first kappa shape index (κ1) is 16.7. The fourth-order valence-electron chi connectivity index (χ4n) is 3.73. The van der Waals surface area contributed by atoms with E-state index in [1.165, 1.54) is 11.3 Å². The third-order valence-electron chi connectivity index (χ3n) is 5.03. The summed E-state index contributed by atoms with van der Waals surface area (Å²) in [7, 11) is 0. The van der Waals surface area contributed by atoms with Crippen LogP contribution in [0.3, 0.4) is 0 Å². The maximum atomic E-state index is 13.4. The number of benzene rings is 2. The third-order valence-corrected chi connectivity index (χ3v) is 6.44. The molecule has 0 spiro atoms. The Bertz CT molecular complexity index is 1300. The molecule has 1 amide bonds. The minimum Gasteiger partial charge on any atom is -0.296 e. The van der Waals surface area contributed by atoms with Gasteiger partial charge >= 0.3 is 0 Å². The Morgan fingerprint density at radius 2 is 1.89 bits per heavy atom. The van der Waals surface area contributed by atoms with Gasteiger partial charge in [-0.3, -0.25) is 14.5 Å². The number of nitrogens with zero attached hydrogens (tertiary/aromatic N) is 2. The topological polar surface area (TPSA) is 50.3 Å². The monoisotopic (exact) mass is 394 g/mol. The maximum absolute atomic E-state index is 13.4. The number of rotatable bonds is 1. The number of amides is 1. The SMILES string of the molecule is O=C1CCCCN1c1nc2ccccc2c2c(=O)c3cc(Cl)ccc3sc12. The highest BCUT2D eigenvalue weighted by Gasteiger charge is 2.25. The highest BCUT2D eigenvalue weighted by molar-refractivity contribution is 7.25. The molecule has 0 saturated carbocycles. The van der Waals surface area contributed by atoms with Crippen LogP contribution in [0.15, 0.2) is 47.3 Å². The molecule has 1 aliphatic heterocycles. The lowest BCUT2D eigenvalue weighted by Crippen LogP contribution is -2.36. The normalized spacial score (nSPS) is 15.1. The van der Waals surface area contributed by atoms with Crippen LogP contribution < -0.4 is 10.3 Å². The molecule has 0 bridgehead atoms. The van der Waals surface area contributed by atoms with Gasteiger partial charge in [-0.05, 0) is 37.1 Å². The van der Waals surface area contributed by atoms with Gasteiger partial charge in [0, 0.05) is 33.5 Å². The molecule has 1 fully saturated rings. The highest BCUT2D eigenvalue weighted by atomic mass is 35.5. The number of halogens is 1. The maximum Gasteiger partial charge on any atom is 0.228 e. The number of fused-ring (bicyclic) bond motifs is 4. The number of piperidine rings is 1. The van der Waals surface area contributed by atoms with Gasteiger partial charge < -0.3 is 0 Å².